The number of nitrogens with one attached hydrogen (secondary N) is 1. The van der Waals surface area contributed by atoms with Crippen molar-refractivity contribution < 1.29 is 19.3 Å². The van der Waals surface area contributed by atoms with Gasteiger partial charge in [0.15, 0.2) is 0 Å². The number of hydrogen-bond donors (Lipinski definition) is 2. The van der Waals surface area contributed by atoms with Crippen LogP contribution in [0.25, 0.3) is 0 Å². The summed E-state index contributed by atoms with van der Waals surface area (Å²) < 4.78 is 16.5. The summed E-state index contributed by atoms with van der Waals surface area (Å²) in [7, 11) is 1.69. The van der Waals surface area contributed by atoms with Gasteiger partial charge in [-0.2, -0.15) is 0 Å². The molecule has 0 aromatic heterocycles. The molecule has 2 heterocycles. The zero-order chi connectivity index (χ0) is 14.5. The minimum Gasteiger partial charge on any atom is -0.389 e. The van der Waals surface area contributed by atoms with E-state index in [1.807, 2.05) is 6.92 Å². The second kappa shape index (κ2) is 7.18. The second-order valence-electron chi connectivity index (χ2n) is 6.36. The van der Waals surface area contributed by atoms with Crippen LogP contribution in [-0.2, 0) is 14.2 Å². The number of methoxy groups -OCH3 is 1. The Morgan fingerprint density at radius 2 is 2.10 bits per heavy atom. The maximum Gasteiger partial charge on any atom is 0.0773 e. The lowest BCUT2D eigenvalue weighted by molar-refractivity contribution is -0.171. The molecule has 0 amide bonds. The van der Waals surface area contributed by atoms with Crippen molar-refractivity contribution in [1.82, 2.24) is 5.32 Å². The molecule has 0 aromatic carbocycles. The lowest BCUT2D eigenvalue weighted by Gasteiger charge is -2.47. The highest BCUT2D eigenvalue weighted by Gasteiger charge is 2.44. The lowest BCUT2D eigenvalue weighted by atomic mass is 9.74. The molecule has 2 unspecified atom stereocenters. The summed E-state index contributed by atoms with van der Waals surface area (Å²) in [4.78, 5) is 0. The van der Waals surface area contributed by atoms with E-state index in [9.17, 15) is 5.11 Å². The number of ether oxygens (including phenoxy) is 3. The van der Waals surface area contributed by atoms with Gasteiger partial charge >= 0.3 is 0 Å². The van der Waals surface area contributed by atoms with Gasteiger partial charge in [0.05, 0.1) is 17.8 Å². The molecule has 5 nitrogen and oxygen atoms in total. The molecule has 2 rings (SSSR count). The van der Waals surface area contributed by atoms with Gasteiger partial charge in [-0.25, -0.2) is 0 Å². The first kappa shape index (κ1) is 16.2. The summed E-state index contributed by atoms with van der Waals surface area (Å²) in [6, 6.07) is 0. The van der Waals surface area contributed by atoms with Crippen LogP contribution in [0.1, 0.15) is 32.6 Å². The van der Waals surface area contributed by atoms with Crippen molar-refractivity contribution in [2.24, 2.45) is 5.92 Å². The van der Waals surface area contributed by atoms with E-state index < -0.39 is 5.60 Å². The molecule has 2 fully saturated rings. The van der Waals surface area contributed by atoms with Crippen molar-refractivity contribution in [2.75, 3.05) is 46.6 Å². The maximum absolute atomic E-state index is 10.8. The van der Waals surface area contributed by atoms with Gasteiger partial charge in [0, 0.05) is 40.0 Å². The molecule has 2 saturated heterocycles. The summed E-state index contributed by atoms with van der Waals surface area (Å²) in [5.74, 6) is 0.282. The van der Waals surface area contributed by atoms with E-state index in [0.29, 0.717) is 13.2 Å². The van der Waals surface area contributed by atoms with Crippen molar-refractivity contribution in [3.63, 3.8) is 0 Å². The quantitative estimate of drug-likeness (QED) is 0.712. The highest BCUT2D eigenvalue weighted by atomic mass is 16.5. The second-order valence-corrected chi connectivity index (χ2v) is 6.36. The standard InChI is InChI=1S/C15H29NO4/c1-14(17,12-16-6-10-18-2)13-3-7-20-15(11-13)4-8-19-9-5-15/h13,16-17H,3-12H2,1-2H3. The number of hydrogen-bond acceptors (Lipinski definition) is 5. The Bertz CT molecular complexity index is 284. The third-order valence-electron chi connectivity index (χ3n) is 4.74. The molecule has 2 N–H and O–H groups in total. The van der Waals surface area contributed by atoms with Crippen LogP contribution in [0.3, 0.4) is 0 Å². The maximum atomic E-state index is 10.8. The van der Waals surface area contributed by atoms with Crippen molar-refractivity contribution in [1.29, 1.82) is 0 Å². The fraction of sp³-hybridized carbons (Fsp3) is 1.00. The zero-order valence-electron chi connectivity index (χ0n) is 12.8. The molecule has 0 bridgehead atoms. The Kier molecular flexibility index (Phi) is 5.81. The SMILES string of the molecule is COCCNCC(C)(O)C1CCOC2(CCOCC2)C1. The van der Waals surface area contributed by atoms with E-state index in [-0.39, 0.29) is 11.5 Å². The smallest absolute Gasteiger partial charge is 0.0773 e. The average molecular weight is 287 g/mol. The van der Waals surface area contributed by atoms with E-state index in [1.165, 1.54) is 0 Å². The van der Waals surface area contributed by atoms with E-state index in [4.69, 9.17) is 14.2 Å². The van der Waals surface area contributed by atoms with E-state index in [0.717, 1.165) is 52.0 Å². The summed E-state index contributed by atoms with van der Waals surface area (Å²) in [6.45, 7) is 6.30. The van der Waals surface area contributed by atoms with Gasteiger partial charge in [-0.05, 0) is 38.5 Å². The molecule has 0 aliphatic carbocycles. The summed E-state index contributed by atoms with van der Waals surface area (Å²) in [6.07, 6.45) is 3.78. The Labute approximate surface area is 122 Å². The largest absolute Gasteiger partial charge is 0.389 e. The molecule has 2 aliphatic heterocycles. The fourth-order valence-corrected chi connectivity index (χ4v) is 3.31. The molecule has 0 radical (unpaired) electrons. The van der Waals surface area contributed by atoms with Gasteiger partial charge in [-0.3, -0.25) is 0 Å². The molecule has 1 spiro atoms. The molecule has 2 atom stereocenters. The summed E-state index contributed by atoms with van der Waals surface area (Å²) >= 11 is 0. The summed E-state index contributed by atoms with van der Waals surface area (Å²) in [5, 5.41) is 14.0. The lowest BCUT2D eigenvalue weighted by Crippen LogP contribution is -2.53. The summed E-state index contributed by atoms with van der Waals surface area (Å²) in [5.41, 5.74) is -0.749. The Balaban J connectivity index is 1.86. The Morgan fingerprint density at radius 3 is 2.80 bits per heavy atom. The molecule has 118 valence electrons. The molecule has 0 saturated carbocycles. The van der Waals surface area contributed by atoms with Gasteiger partial charge < -0.3 is 24.6 Å². The molecular formula is C15H29NO4. The molecule has 5 heteroatoms. The van der Waals surface area contributed by atoms with Crippen molar-refractivity contribution >= 4 is 0 Å². The van der Waals surface area contributed by atoms with Crippen LogP contribution in [0, 0.1) is 5.92 Å². The minimum absolute atomic E-state index is 0.0579. The van der Waals surface area contributed by atoms with Crippen LogP contribution < -0.4 is 5.32 Å². The molecule has 0 aromatic rings. The van der Waals surface area contributed by atoms with Crippen molar-refractivity contribution in [3.8, 4) is 0 Å². The predicted molar refractivity (Wildman–Crippen MR) is 76.8 cm³/mol. The zero-order valence-corrected chi connectivity index (χ0v) is 12.8. The van der Waals surface area contributed by atoms with Crippen LogP contribution in [0.5, 0.6) is 0 Å². The van der Waals surface area contributed by atoms with E-state index in [1.54, 1.807) is 7.11 Å². The number of aliphatic hydroxyl groups is 1. The van der Waals surface area contributed by atoms with Gasteiger partial charge in [0.25, 0.3) is 0 Å². The first-order valence-electron chi connectivity index (χ1n) is 7.72. The van der Waals surface area contributed by atoms with Crippen molar-refractivity contribution in [3.05, 3.63) is 0 Å². The first-order valence-corrected chi connectivity index (χ1v) is 7.72. The van der Waals surface area contributed by atoms with Crippen LogP contribution in [0.2, 0.25) is 0 Å². The van der Waals surface area contributed by atoms with Gasteiger partial charge in [-0.15, -0.1) is 0 Å². The molecule has 2 aliphatic rings. The Hall–Kier alpha value is -0.200. The third kappa shape index (κ3) is 4.15. The highest BCUT2D eigenvalue weighted by Crippen LogP contribution is 2.40. The fourth-order valence-electron chi connectivity index (χ4n) is 3.31. The van der Waals surface area contributed by atoms with Gasteiger partial charge in [0.2, 0.25) is 0 Å². The van der Waals surface area contributed by atoms with Gasteiger partial charge in [0.1, 0.15) is 0 Å². The van der Waals surface area contributed by atoms with Crippen LogP contribution in [0.4, 0.5) is 0 Å². The monoisotopic (exact) mass is 287 g/mol. The third-order valence-corrected chi connectivity index (χ3v) is 4.74. The Morgan fingerprint density at radius 1 is 1.35 bits per heavy atom. The van der Waals surface area contributed by atoms with E-state index in [2.05, 4.69) is 5.32 Å². The predicted octanol–water partition coefficient (Wildman–Crippen LogP) is 0.949. The van der Waals surface area contributed by atoms with Gasteiger partial charge in [-0.1, -0.05) is 0 Å². The average Bonchev–Trinajstić information content (AvgIpc) is 2.45. The van der Waals surface area contributed by atoms with Crippen LogP contribution >= 0.6 is 0 Å². The van der Waals surface area contributed by atoms with Crippen LogP contribution in [0.15, 0.2) is 0 Å². The highest BCUT2D eigenvalue weighted by molar-refractivity contribution is 4.95. The minimum atomic E-state index is -0.692. The normalized spacial score (nSPS) is 29.2. The topological polar surface area (TPSA) is 60.0 Å². The number of rotatable bonds is 6. The first-order chi connectivity index (χ1) is 9.58. The van der Waals surface area contributed by atoms with E-state index >= 15 is 0 Å². The molecule has 20 heavy (non-hydrogen) atoms. The molecular weight excluding hydrogens is 258 g/mol. The van der Waals surface area contributed by atoms with Crippen LogP contribution in [-0.4, -0.2) is 62.9 Å². The van der Waals surface area contributed by atoms with Crippen molar-refractivity contribution in [2.45, 2.75) is 43.8 Å².